The van der Waals surface area contributed by atoms with Gasteiger partial charge in [0.25, 0.3) is 0 Å². The maximum absolute atomic E-state index is 12.1. The van der Waals surface area contributed by atoms with Crippen LogP contribution in [0.5, 0.6) is 0 Å². The van der Waals surface area contributed by atoms with Crippen molar-refractivity contribution in [1.82, 2.24) is 4.98 Å². The van der Waals surface area contributed by atoms with Gasteiger partial charge in [0.1, 0.15) is 0 Å². The molecule has 2 aromatic rings. The molecule has 0 saturated carbocycles. The smallest absolute Gasteiger partial charge is 0.168 e. The van der Waals surface area contributed by atoms with Crippen molar-refractivity contribution in [2.24, 2.45) is 0 Å². The molecule has 0 aliphatic carbocycles. The summed E-state index contributed by atoms with van der Waals surface area (Å²) in [6.45, 7) is 0. The predicted octanol–water partition coefficient (Wildman–Crippen LogP) is 3.92. The van der Waals surface area contributed by atoms with Gasteiger partial charge < -0.3 is 0 Å². The number of benzene rings is 1. The zero-order chi connectivity index (χ0) is 12.3. The Balaban J connectivity index is 2.23. The molecule has 86 valence electrons. The van der Waals surface area contributed by atoms with E-state index >= 15 is 0 Å². The van der Waals surface area contributed by atoms with Crippen molar-refractivity contribution >= 4 is 33.3 Å². The highest BCUT2D eigenvalue weighted by atomic mass is 79.9. The Kier molecular flexibility index (Phi) is 3.92. The number of nitrogens with zero attached hydrogens (tertiary/aromatic N) is 1. The Morgan fingerprint density at radius 1 is 1.24 bits per heavy atom. The zero-order valence-electron chi connectivity index (χ0n) is 8.86. The summed E-state index contributed by atoms with van der Waals surface area (Å²) in [5.74, 6) is 0.00231. The Hall–Kier alpha value is -1.19. The normalized spacial score (nSPS) is 10.2. The summed E-state index contributed by atoms with van der Waals surface area (Å²) in [5.41, 5.74) is 1.47. The second-order valence-electron chi connectivity index (χ2n) is 3.58. The van der Waals surface area contributed by atoms with Crippen LogP contribution in [0, 0.1) is 0 Å². The summed E-state index contributed by atoms with van der Waals surface area (Å²) >= 11 is 9.33. The minimum absolute atomic E-state index is 0.00231. The van der Waals surface area contributed by atoms with Crippen molar-refractivity contribution in [3.05, 3.63) is 63.3 Å². The summed E-state index contributed by atoms with van der Waals surface area (Å²) in [6.07, 6.45) is 3.68. The fourth-order valence-electron chi connectivity index (χ4n) is 1.49. The lowest BCUT2D eigenvalue weighted by Crippen LogP contribution is -2.04. The molecule has 0 amide bonds. The highest BCUT2D eigenvalue weighted by Gasteiger charge is 2.11. The quantitative estimate of drug-likeness (QED) is 0.804. The number of Topliss-reactive ketones (excluding diaryl/α,β-unsaturated/α-hetero) is 1. The Morgan fingerprint density at radius 3 is 2.65 bits per heavy atom. The third-order valence-electron chi connectivity index (χ3n) is 2.34. The molecule has 0 bridgehead atoms. The molecule has 1 aromatic heterocycles. The summed E-state index contributed by atoms with van der Waals surface area (Å²) in [7, 11) is 0. The Morgan fingerprint density at radius 2 is 1.94 bits per heavy atom. The molecule has 4 heteroatoms. The van der Waals surface area contributed by atoms with Crippen LogP contribution in [0.3, 0.4) is 0 Å². The number of pyridine rings is 1. The highest BCUT2D eigenvalue weighted by molar-refractivity contribution is 9.10. The topological polar surface area (TPSA) is 30.0 Å². The van der Waals surface area contributed by atoms with E-state index < -0.39 is 0 Å². The number of hydrogen-bond donors (Lipinski definition) is 0. The molecule has 1 aromatic carbocycles. The first kappa shape index (κ1) is 12.3. The molecule has 0 N–H and O–H groups in total. The van der Waals surface area contributed by atoms with Crippen LogP contribution in [0.25, 0.3) is 0 Å². The average Bonchev–Trinajstić information content (AvgIpc) is 2.33. The van der Waals surface area contributed by atoms with Crippen molar-refractivity contribution in [1.29, 1.82) is 0 Å². The van der Waals surface area contributed by atoms with Crippen LogP contribution >= 0.6 is 27.5 Å². The van der Waals surface area contributed by atoms with E-state index in [0.29, 0.717) is 17.0 Å². The van der Waals surface area contributed by atoms with E-state index in [2.05, 4.69) is 20.9 Å². The molecule has 0 spiro atoms. The lowest BCUT2D eigenvalue weighted by Gasteiger charge is -2.04. The van der Waals surface area contributed by atoms with Gasteiger partial charge >= 0.3 is 0 Å². The number of carbonyl (C=O) groups is 1. The average molecular weight is 311 g/mol. The third-order valence-corrected chi connectivity index (χ3v) is 3.17. The molecule has 0 unspecified atom stereocenters. The molecule has 17 heavy (non-hydrogen) atoms. The molecule has 0 radical (unpaired) electrons. The predicted molar refractivity (Wildman–Crippen MR) is 71.4 cm³/mol. The van der Waals surface area contributed by atoms with Crippen molar-refractivity contribution in [3.8, 4) is 0 Å². The molecule has 2 nitrogen and oxygen atoms in total. The van der Waals surface area contributed by atoms with Crippen LogP contribution in [0.4, 0.5) is 0 Å². The molecule has 0 atom stereocenters. The van der Waals surface area contributed by atoms with Gasteiger partial charge in [0.15, 0.2) is 5.78 Å². The number of halogens is 2. The molecular weight excluding hydrogens is 302 g/mol. The van der Waals surface area contributed by atoms with Gasteiger partial charge in [-0.1, -0.05) is 27.5 Å². The molecular formula is C13H9BrClNO. The van der Waals surface area contributed by atoms with Crippen molar-refractivity contribution in [3.63, 3.8) is 0 Å². The van der Waals surface area contributed by atoms with Crippen LogP contribution in [0.2, 0.25) is 5.02 Å². The van der Waals surface area contributed by atoms with Crippen molar-refractivity contribution in [2.75, 3.05) is 0 Å². The maximum Gasteiger partial charge on any atom is 0.168 e. The van der Waals surface area contributed by atoms with Gasteiger partial charge in [-0.3, -0.25) is 9.78 Å². The van der Waals surface area contributed by atoms with Gasteiger partial charge in [-0.25, -0.2) is 0 Å². The van der Waals surface area contributed by atoms with Crippen molar-refractivity contribution < 1.29 is 4.79 Å². The molecule has 0 aliphatic rings. The molecule has 0 saturated heterocycles. The molecule has 2 rings (SSSR count). The summed E-state index contributed by atoms with van der Waals surface area (Å²) in [6, 6.07) is 8.91. The largest absolute Gasteiger partial charge is 0.294 e. The van der Waals surface area contributed by atoms with Gasteiger partial charge in [-0.2, -0.15) is 0 Å². The van der Waals surface area contributed by atoms with Crippen LogP contribution in [0.15, 0.2) is 47.2 Å². The van der Waals surface area contributed by atoms with E-state index in [0.717, 1.165) is 10.0 Å². The second kappa shape index (κ2) is 5.43. The van der Waals surface area contributed by atoms with Gasteiger partial charge in [0.2, 0.25) is 0 Å². The van der Waals surface area contributed by atoms with Crippen LogP contribution in [-0.4, -0.2) is 10.8 Å². The fourth-order valence-corrected chi connectivity index (χ4v) is 2.08. The number of carbonyl (C=O) groups excluding carboxylic acids is 1. The van der Waals surface area contributed by atoms with Gasteiger partial charge in [0.05, 0.1) is 5.02 Å². The lowest BCUT2D eigenvalue weighted by atomic mass is 10.0. The van der Waals surface area contributed by atoms with Crippen LogP contribution in [0.1, 0.15) is 15.9 Å². The number of ketones is 1. The standard InChI is InChI=1S/C13H9BrClNO/c14-10-1-2-12(15)11(8-10)13(17)7-9-3-5-16-6-4-9/h1-6,8H,7H2. The highest BCUT2D eigenvalue weighted by Crippen LogP contribution is 2.22. The van der Waals surface area contributed by atoms with E-state index in [9.17, 15) is 4.79 Å². The minimum Gasteiger partial charge on any atom is -0.294 e. The van der Waals surface area contributed by atoms with Crippen LogP contribution in [-0.2, 0) is 6.42 Å². The first-order valence-corrected chi connectivity index (χ1v) is 6.21. The van der Waals surface area contributed by atoms with Crippen LogP contribution < -0.4 is 0 Å². The Bertz CT molecular complexity index is 542. The first-order valence-electron chi connectivity index (χ1n) is 5.04. The summed E-state index contributed by atoms with van der Waals surface area (Å²) in [5, 5.41) is 0.479. The molecule has 1 heterocycles. The van der Waals surface area contributed by atoms with E-state index in [1.807, 2.05) is 18.2 Å². The lowest BCUT2D eigenvalue weighted by molar-refractivity contribution is 0.0993. The summed E-state index contributed by atoms with van der Waals surface area (Å²) < 4.78 is 0.847. The SMILES string of the molecule is O=C(Cc1ccncc1)c1cc(Br)ccc1Cl. The molecule has 0 fully saturated rings. The number of hydrogen-bond acceptors (Lipinski definition) is 2. The van der Waals surface area contributed by atoms with E-state index in [1.54, 1.807) is 24.5 Å². The zero-order valence-corrected chi connectivity index (χ0v) is 11.2. The molecule has 0 aliphatic heterocycles. The third kappa shape index (κ3) is 3.14. The van der Waals surface area contributed by atoms with Gasteiger partial charge in [-0.05, 0) is 35.9 Å². The van der Waals surface area contributed by atoms with E-state index in [4.69, 9.17) is 11.6 Å². The van der Waals surface area contributed by atoms with Gasteiger partial charge in [-0.15, -0.1) is 0 Å². The second-order valence-corrected chi connectivity index (χ2v) is 4.90. The number of aromatic nitrogens is 1. The van der Waals surface area contributed by atoms with E-state index in [1.165, 1.54) is 0 Å². The number of rotatable bonds is 3. The summed E-state index contributed by atoms with van der Waals surface area (Å²) in [4.78, 5) is 16.0. The Labute approximate surface area is 113 Å². The van der Waals surface area contributed by atoms with E-state index in [-0.39, 0.29) is 5.78 Å². The first-order chi connectivity index (χ1) is 8.16. The fraction of sp³-hybridized carbons (Fsp3) is 0.0769. The monoisotopic (exact) mass is 309 g/mol. The maximum atomic E-state index is 12.1. The van der Waals surface area contributed by atoms with Gasteiger partial charge in [0, 0.05) is 28.9 Å². The minimum atomic E-state index is 0.00231. The van der Waals surface area contributed by atoms with Crippen molar-refractivity contribution in [2.45, 2.75) is 6.42 Å².